The molecule has 0 radical (unpaired) electrons. The molecule has 1 N–H and O–H groups in total. The minimum absolute atomic E-state index is 0.363. The Bertz CT molecular complexity index is 274. The van der Waals surface area contributed by atoms with Crippen LogP contribution in [-0.4, -0.2) is 18.9 Å². The minimum Gasteiger partial charge on any atom is -0.478 e. The van der Waals surface area contributed by atoms with Crippen molar-refractivity contribution < 1.29 is 9.90 Å². The summed E-state index contributed by atoms with van der Waals surface area (Å²) in [6, 6.07) is 5.27. The third-order valence-corrected chi connectivity index (χ3v) is 1.47. The summed E-state index contributed by atoms with van der Waals surface area (Å²) in [7, 11) is 1.89. The third-order valence-electron chi connectivity index (χ3n) is 1.47. The van der Waals surface area contributed by atoms with Crippen molar-refractivity contribution in [1.82, 2.24) is 0 Å². The molecule has 1 rings (SSSR count). The molecule has 0 saturated heterocycles. The predicted octanol–water partition coefficient (Wildman–Crippen LogP) is -0.0484. The van der Waals surface area contributed by atoms with Crippen LogP contribution in [0.1, 0.15) is 15.9 Å². The maximum absolute atomic E-state index is 10.5. The number of aromatic carboxylic acids is 1. The molecule has 3 heteroatoms. The number of carboxylic acid groups (broad SMARTS) is 1. The molecular formula is C8H9BO2. The lowest BCUT2D eigenvalue weighted by Gasteiger charge is -1.98. The second kappa shape index (κ2) is 2.78. The predicted molar refractivity (Wildman–Crippen MR) is 46.3 cm³/mol. The zero-order valence-corrected chi connectivity index (χ0v) is 6.59. The van der Waals surface area contributed by atoms with Gasteiger partial charge in [-0.1, -0.05) is 23.2 Å². The smallest absolute Gasteiger partial charge is 0.335 e. The molecule has 0 aliphatic rings. The zero-order valence-electron chi connectivity index (χ0n) is 6.59. The maximum atomic E-state index is 10.5. The largest absolute Gasteiger partial charge is 0.478 e. The molecule has 0 aromatic heterocycles. The molecule has 0 aliphatic carbocycles. The van der Waals surface area contributed by atoms with Crippen LogP contribution >= 0.6 is 0 Å². The van der Waals surface area contributed by atoms with Gasteiger partial charge in [-0.05, 0) is 13.0 Å². The van der Waals surface area contributed by atoms with E-state index in [4.69, 9.17) is 5.11 Å². The Morgan fingerprint density at radius 1 is 1.45 bits per heavy atom. The number of hydrogen-bond acceptors (Lipinski definition) is 1. The van der Waals surface area contributed by atoms with Crippen LogP contribution in [0.2, 0.25) is 0 Å². The molecule has 0 atom stereocenters. The van der Waals surface area contributed by atoms with Crippen LogP contribution in [0.5, 0.6) is 0 Å². The van der Waals surface area contributed by atoms with Crippen LogP contribution in [-0.2, 0) is 0 Å². The van der Waals surface area contributed by atoms with E-state index in [0.29, 0.717) is 5.56 Å². The Morgan fingerprint density at radius 2 is 2.09 bits per heavy atom. The van der Waals surface area contributed by atoms with Gasteiger partial charge in [0.25, 0.3) is 0 Å². The van der Waals surface area contributed by atoms with Crippen molar-refractivity contribution in [2.24, 2.45) is 0 Å². The molecule has 0 heterocycles. The Labute approximate surface area is 66.3 Å². The number of benzene rings is 1. The highest BCUT2D eigenvalue weighted by Crippen LogP contribution is 2.00. The first-order chi connectivity index (χ1) is 5.09. The molecule has 0 spiro atoms. The van der Waals surface area contributed by atoms with Crippen molar-refractivity contribution in [3.8, 4) is 0 Å². The van der Waals surface area contributed by atoms with Crippen molar-refractivity contribution in [3.05, 3.63) is 29.3 Å². The third kappa shape index (κ3) is 1.83. The Morgan fingerprint density at radius 3 is 2.55 bits per heavy atom. The van der Waals surface area contributed by atoms with Gasteiger partial charge in [-0.25, -0.2) is 4.79 Å². The Hall–Kier alpha value is -1.25. The van der Waals surface area contributed by atoms with Crippen LogP contribution in [0, 0.1) is 6.92 Å². The maximum Gasteiger partial charge on any atom is 0.335 e. The highest BCUT2D eigenvalue weighted by molar-refractivity contribution is 6.32. The summed E-state index contributed by atoms with van der Waals surface area (Å²) < 4.78 is 0. The summed E-state index contributed by atoms with van der Waals surface area (Å²) in [6.45, 7) is 1.89. The lowest BCUT2D eigenvalue weighted by molar-refractivity contribution is 0.0697. The van der Waals surface area contributed by atoms with E-state index in [0.717, 1.165) is 11.0 Å². The first kappa shape index (κ1) is 7.86. The summed E-state index contributed by atoms with van der Waals surface area (Å²) in [5, 5.41) is 8.63. The lowest BCUT2D eigenvalue weighted by atomic mass is 9.92. The molecule has 1 aromatic carbocycles. The fraction of sp³-hybridized carbons (Fsp3) is 0.125. The van der Waals surface area contributed by atoms with E-state index in [2.05, 4.69) is 0 Å². The number of aryl methyl sites for hydroxylation is 1. The van der Waals surface area contributed by atoms with E-state index < -0.39 is 5.97 Å². The minimum atomic E-state index is -0.864. The van der Waals surface area contributed by atoms with Gasteiger partial charge in [0.2, 0.25) is 0 Å². The molecule has 11 heavy (non-hydrogen) atoms. The quantitative estimate of drug-likeness (QED) is 0.567. The number of carboxylic acids is 1. The average Bonchev–Trinajstić information content (AvgIpc) is 1.85. The molecule has 2 nitrogen and oxygen atoms in total. The molecule has 0 aliphatic heterocycles. The van der Waals surface area contributed by atoms with Gasteiger partial charge in [-0.3, -0.25) is 0 Å². The Balaban J connectivity index is 3.19. The van der Waals surface area contributed by atoms with Gasteiger partial charge < -0.3 is 5.11 Å². The highest BCUT2D eigenvalue weighted by Gasteiger charge is 2.01. The van der Waals surface area contributed by atoms with Gasteiger partial charge in [-0.2, -0.15) is 0 Å². The summed E-state index contributed by atoms with van der Waals surface area (Å²) in [5.74, 6) is -0.864. The van der Waals surface area contributed by atoms with Crippen LogP contribution in [0.25, 0.3) is 0 Å². The van der Waals surface area contributed by atoms with Gasteiger partial charge >= 0.3 is 5.97 Å². The highest BCUT2D eigenvalue weighted by atomic mass is 16.4. The van der Waals surface area contributed by atoms with Gasteiger partial charge in [-0.15, -0.1) is 0 Å². The van der Waals surface area contributed by atoms with Crippen molar-refractivity contribution in [1.29, 1.82) is 0 Å². The van der Waals surface area contributed by atoms with Gasteiger partial charge in [0.05, 0.1) is 5.56 Å². The second-order valence-electron chi connectivity index (χ2n) is 2.68. The van der Waals surface area contributed by atoms with E-state index in [1.165, 1.54) is 0 Å². The van der Waals surface area contributed by atoms with Gasteiger partial charge in [0.15, 0.2) is 0 Å². The van der Waals surface area contributed by atoms with Crippen LogP contribution in [0.4, 0.5) is 0 Å². The molecule has 0 saturated carbocycles. The fourth-order valence-electron chi connectivity index (χ4n) is 1.10. The standard InChI is InChI=1S/C8H9BO2/c1-5-2-6(8(10)11)4-7(9)3-5/h2-4H,9H2,1H3,(H,10,11). The van der Waals surface area contributed by atoms with Crippen LogP contribution < -0.4 is 5.46 Å². The van der Waals surface area contributed by atoms with E-state index in [-0.39, 0.29) is 0 Å². The fourth-order valence-corrected chi connectivity index (χ4v) is 1.10. The average molecular weight is 148 g/mol. The molecule has 0 unspecified atom stereocenters. The summed E-state index contributed by atoms with van der Waals surface area (Å²) >= 11 is 0. The monoisotopic (exact) mass is 148 g/mol. The van der Waals surface area contributed by atoms with Crippen molar-refractivity contribution in [3.63, 3.8) is 0 Å². The molecular weight excluding hydrogens is 139 g/mol. The second-order valence-corrected chi connectivity index (χ2v) is 2.68. The van der Waals surface area contributed by atoms with Crippen molar-refractivity contribution in [2.45, 2.75) is 6.92 Å². The number of rotatable bonds is 1. The molecule has 0 fully saturated rings. The summed E-state index contributed by atoms with van der Waals surface area (Å²) in [5.41, 5.74) is 2.34. The number of hydrogen-bond donors (Lipinski definition) is 1. The van der Waals surface area contributed by atoms with Crippen LogP contribution in [0.15, 0.2) is 18.2 Å². The molecule has 56 valence electrons. The number of carbonyl (C=O) groups is 1. The topological polar surface area (TPSA) is 37.3 Å². The SMILES string of the molecule is Bc1cc(C)cc(C(=O)O)c1. The zero-order chi connectivity index (χ0) is 8.43. The summed E-state index contributed by atoms with van der Waals surface area (Å²) in [4.78, 5) is 10.5. The van der Waals surface area contributed by atoms with E-state index in [9.17, 15) is 4.79 Å². The van der Waals surface area contributed by atoms with Gasteiger partial charge in [0.1, 0.15) is 7.85 Å². The van der Waals surface area contributed by atoms with Crippen LogP contribution in [0.3, 0.4) is 0 Å². The Kier molecular flexibility index (Phi) is 1.99. The van der Waals surface area contributed by atoms with E-state index in [1.54, 1.807) is 12.1 Å². The van der Waals surface area contributed by atoms with E-state index >= 15 is 0 Å². The first-order valence-electron chi connectivity index (χ1n) is 3.41. The first-order valence-corrected chi connectivity index (χ1v) is 3.41. The van der Waals surface area contributed by atoms with Gasteiger partial charge in [0, 0.05) is 0 Å². The van der Waals surface area contributed by atoms with Crippen molar-refractivity contribution in [2.75, 3.05) is 0 Å². The summed E-state index contributed by atoms with van der Waals surface area (Å²) in [6.07, 6.45) is 0. The normalized spacial score (nSPS) is 9.55. The molecule has 1 aromatic rings. The lowest BCUT2D eigenvalue weighted by Crippen LogP contribution is -2.07. The van der Waals surface area contributed by atoms with E-state index in [1.807, 2.05) is 20.8 Å². The van der Waals surface area contributed by atoms with Crippen molar-refractivity contribution >= 4 is 19.3 Å². The molecule has 0 amide bonds. The molecule has 0 bridgehead atoms.